The molecule has 0 unspecified atom stereocenters. The van der Waals surface area contributed by atoms with Gasteiger partial charge in [0.2, 0.25) is 0 Å². The Morgan fingerprint density at radius 3 is 2.74 bits per heavy atom. The van der Waals surface area contributed by atoms with Gasteiger partial charge in [0, 0.05) is 5.56 Å². The van der Waals surface area contributed by atoms with Gasteiger partial charge in [0.15, 0.2) is 5.78 Å². The quantitative estimate of drug-likeness (QED) is 0.671. The van der Waals surface area contributed by atoms with Crippen LogP contribution in [0.25, 0.3) is 0 Å². The molecule has 0 aromatic carbocycles. The Morgan fingerprint density at radius 1 is 1.37 bits per heavy atom. The van der Waals surface area contributed by atoms with Crippen molar-refractivity contribution in [1.82, 2.24) is 0 Å². The Hall–Kier alpha value is -1.84. The molecule has 4 heteroatoms. The second kappa shape index (κ2) is 5.87. The van der Waals surface area contributed by atoms with E-state index in [2.05, 4.69) is 0 Å². The Labute approximate surface area is 111 Å². The van der Waals surface area contributed by atoms with Crippen molar-refractivity contribution in [1.29, 1.82) is 0 Å². The molecule has 1 aromatic rings. The monoisotopic (exact) mass is 262 g/mol. The van der Waals surface area contributed by atoms with Gasteiger partial charge in [-0.1, -0.05) is 25.3 Å². The summed E-state index contributed by atoms with van der Waals surface area (Å²) in [5.74, 6) is -0.369. The maximum absolute atomic E-state index is 12.0. The summed E-state index contributed by atoms with van der Waals surface area (Å²) in [4.78, 5) is 23.5. The highest BCUT2D eigenvalue weighted by Gasteiger charge is 2.18. The van der Waals surface area contributed by atoms with E-state index in [1.807, 2.05) is 6.08 Å². The van der Waals surface area contributed by atoms with Crippen LogP contribution in [-0.2, 0) is 0 Å². The van der Waals surface area contributed by atoms with Gasteiger partial charge in [0.05, 0.1) is 0 Å². The van der Waals surface area contributed by atoms with Crippen LogP contribution in [-0.4, -0.2) is 10.9 Å². The molecule has 1 heterocycles. The van der Waals surface area contributed by atoms with Crippen molar-refractivity contribution >= 4 is 5.78 Å². The number of ketones is 1. The van der Waals surface area contributed by atoms with E-state index >= 15 is 0 Å². The minimum absolute atomic E-state index is 0.271. The van der Waals surface area contributed by atoms with Crippen LogP contribution in [0.3, 0.4) is 0 Å². The summed E-state index contributed by atoms with van der Waals surface area (Å²) in [6.45, 7) is 1.58. The Kier molecular flexibility index (Phi) is 4.20. The molecule has 102 valence electrons. The summed E-state index contributed by atoms with van der Waals surface area (Å²) < 4.78 is 4.71. The van der Waals surface area contributed by atoms with Crippen LogP contribution in [0.2, 0.25) is 0 Å². The highest BCUT2D eigenvalue weighted by molar-refractivity contribution is 6.06. The lowest BCUT2D eigenvalue weighted by atomic mass is 9.89. The van der Waals surface area contributed by atoms with Gasteiger partial charge in [-0.25, -0.2) is 4.79 Å². The summed E-state index contributed by atoms with van der Waals surface area (Å²) in [5.41, 5.74) is -0.678. The van der Waals surface area contributed by atoms with Crippen LogP contribution in [0.15, 0.2) is 27.6 Å². The number of allylic oxidation sites excluding steroid dienone is 2. The molecule has 2 rings (SSSR count). The van der Waals surface area contributed by atoms with E-state index in [9.17, 15) is 14.7 Å². The lowest BCUT2D eigenvalue weighted by Crippen LogP contribution is -2.13. The topological polar surface area (TPSA) is 67.5 Å². The first kappa shape index (κ1) is 13.6. The predicted molar refractivity (Wildman–Crippen MR) is 71.4 cm³/mol. The second-order valence-corrected chi connectivity index (χ2v) is 5.05. The summed E-state index contributed by atoms with van der Waals surface area (Å²) in [7, 11) is 0. The van der Waals surface area contributed by atoms with E-state index < -0.39 is 11.4 Å². The summed E-state index contributed by atoms with van der Waals surface area (Å²) in [6.07, 6.45) is 10.2. The van der Waals surface area contributed by atoms with Crippen LogP contribution < -0.4 is 5.63 Å². The number of aryl methyl sites for hydroxylation is 1. The molecule has 1 N–H and O–H groups in total. The molecule has 1 saturated carbocycles. The fourth-order valence-corrected chi connectivity index (χ4v) is 2.40. The molecule has 0 radical (unpaired) electrons. The molecule has 0 atom stereocenters. The summed E-state index contributed by atoms with van der Waals surface area (Å²) >= 11 is 0. The van der Waals surface area contributed by atoms with Gasteiger partial charge in [-0.3, -0.25) is 4.79 Å². The van der Waals surface area contributed by atoms with Crippen molar-refractivity contribution in [3.05, 3.63) is 40.0 Å². The third-order valence-electron chi connectivity index (χ3n) is 3.57. The largest absolute Gasteiger partial charge is 0.506 e. The van der Waals surface area contributed by atoms with Crippen molar-refractivity contribution in [2.45, 2.75) is 39.0 Å². The standard InChI is InChI=1S/C15H18O4/c1-10-9-19-15(18)13(14(10)17)12(16)8-7-11-5-3-2-4-6-11/h7-9,11,17H,2-6H2,1H3/b8-7+. The third kappa shape index (κ3) is 3.13. The zero-order chi connectivity index (χ0) is 13.8. The van der Waals surface area contributed by atoms with Crippen molar-refractivity contribution in [3.8, 4) is 5.75 Å². The van der Waals surface area contributed by atoms with Gasteiger partial charge in [-0.05, 0) is 31.8 Å². The summed E-state index contributed by atoms with van der Waals surface area (Å²) in [5, 5.41) is 9.77. The molecule has 1 aliphatic rings. The predicted octanol–water partition coefficient (Wildman–Crippen LogP) is 2.97. The molecule has 0 aliphatic heterocycles. The van der Waals surface area contributed by atoms with E-state index in [0.717, 1.165) is 19.1 Å². The molecule has 1 aromatic heterocycles. The van der Waals surface area contributed by atoms with Crippen molar-refractivity contribution in [2.24, 2.45) is 5.92 Å². The smallest absolute Gasteiger partial charge is 0.350 e. The average Bonchev–Trinajstić information content (AvgIpc) is 2.42. The normalized spacial score (nSPS) is 16.9. The van der Waals surface area contributed by atoms with Crippen molar-refractivity contribution in [3.63, 3.8) is 0 Å². The number of carbonyl (C=O) groups is 1. The lowest BCUT2D eigenvalue weighted by Gasteiger charge is -2.17. The van der Waals surface area contributed by atoms with E-state index in [4.69, 9.17) is 4.42 Å². The molecule has 1 fully saturated rings. The number of hydrogen-bond donors (Lipinski definition) is 1. The van der Waals surface area contributed by atoms with E-state index in [1.54, 1.807) is 6.92 Å². The van der Waals surface area contributed by atoms with Crippen LogP contribution in [0.5, 0.6) is 5.75 Å². The first-order valence-corrected chi connectivity index (χ1v) is 6.63. The van der Waals surface area contributed by atoms with E-state index in [-0.39, 0.29) is 11.3 Å². The number of hydrogen-bond acceptors (Lipinski definition) is 4. The highest BCUT2D eigenvalue weighted by Crippen LogP contribution is 2.25. The minimum atomic E-state index is -0.790. The highest BCUT2D eigenvalue weighted by atomic mass is 16.4. The second-order valence-electron chi connectivity index (χ2n) is 5.05. The van der Waals surface area contributed by atoms with Gasteiger partial charge in [-0.2, -0.15) is 0 Å². The zero-order valence-corrected chi connectivity index (χ0v) is 11.0. The number of aromatic hydroxyl groups is 1. The number of carbonyl (C=O) groups excluding carboxylic acids is 1. The minimum Gasteiger partial charge on any atom is -0.506 e. The van der Waals surface area contributed by atoms with Gasteiger partial charge < -0.3 is 9.52 Å². The van der Waals surface area contributed by atoms with Crippen LogP contribution in [0.4, 0.5) is 0 Å². The van der Waals surface area contributed by atoms with Crippen molar-refractivity contribution < 1.29 is 14.3 Å². The van der Waals surface area contributed by atoms with Gasteiger partial charge >= 0.3 is 5.63 Å². The molecule has 4 nitrogen and oxygen atoms in total. The first-order chi connectivity index (χ1) is 9.09. The third-order valence-corrected chi connectivity index (χ3v) is 3.57. The molecular weight excluding hydrogens is 244 g/mol. The number of rotatable bonds is 3. The van der Waals surface area contributed by atoms with E-state index in [1.165, 1.54) is 25.3 Å². The van der Waals surface area contributed by atoms with Crippen molar-refractivity contribution in [2.75, 3.05) is 0 Å². The Balaban J connectivity index is 2.18. The fourth-order valence-electron chi connectivity index (χ4n) is 2.40. The Morgan fingerprint density at radius 2 is 2.05 bits per heavy atom. The molecule has 0 saturated heterocycles. The molecule has 1 aliphatic carbocycles. The maximum Gasteiger partial charge on any atom is 0.350 e. The van der Waals surface area contributed by atoms with Gasteiger partial charge in [0.25, 0.3) is 0 Å². The van der Waals surface area contributed by atoms with Crippen LogP contribution in [0, 0.1) is 12.8 Å². The summed E-state index contributed by atoms with van der Waals surface area (Å²) in [6, 6.07) is 0. The van der Waals surface area contributed by atoms with Crippen LogP contribution in [0.1, 0.15) is 48.0 Å². The first-order valence-electron chi connectivity index (χ1n) is 6.63. The van der Waals surface area contributed by atoms with E-state index in [0.29, 0.717) is 11.5 Å². The lowest BCUT2D eigenvalue weighted by molar-refractivity contribution is 0.103. The maximum atomic E-state index is 12.0. The molecule has 0 amide bonds. The molecule has 0 bridgehead atoms. The molecule has 0 spiro atoms. The zero-order valence-electron chi connectivity index (χ0n) is 11.0. The van der Waals surface area contributed by atoms with Gasteiger partial charge in [0.1, 0.15) is 17.6 Å². The van der Waals surface area contributed by atoms with Crippen LogP contribution >= 0.6 is 0 Å². The average molecular weight is 262 g/mol. The molecular formula is C15H18O4. The fraction of sp³-hybridized carbons (Fsp3) is 0.467. The van der Waals surface area contributed by atoms with Gasteiger partial charge in [-0.15, -0.1) is 0 Å². The molecule has 19 heavy (non-hydrogen) atoms. The Bertz CT molecular complexity index is 548. The SMILES string of the molecule is Cc1coc(=O)c(C(=O)/C=C/C2CCCCC2)c1O.